The summed E-state index contributed by atoms with van der Waals surface area (Å²) in [6.45, 7) is 10.9. The Hall–Kier alpha value is -2.10. The molecule has 0 atom stereocenters. The van der Waals surface area contributed by atoms with Gasteiger partial charge in [-0.3, -0.25) is 4.79 Å². The summed E-state index contributed by atoms with van der Waals surface area (Å²) < 4.78 is 5.23. The van der Waals surface area contributed by atoms with Crippen LogP contribution in [0.1, 0.15) is 81.0 Å². The summed E-state index contributed by atoms with van der Waals surface area (Å²) in [6.07, 6.45) is 5.23. The fraction of sp³-hybridized carbons (Fsp3) is 0.565. The highest BCUT2D eigenvalue weighted by molar-refractivity contribution is 5.88. The molecule has 0 aliphatic heterocycles. The first-order valence-corrected chi connectivity index (χ1v) is 10.1. The molecule has 3 rings (SSSR count). The second-order valence-corrected chi connectivity index (χ2v) is 8.96. The monoisotopic (exact) mass is 368 g/mol. The molecule has 1 aliphatic carbocycles. The molecule has 27 heavy (non-hydrogen) atoms. The fourth-order valence-corrected chi connectivity index (χ4v) is 4.18. The van der Waals surface area contributed by atoms with Crippen molar-refractivity contribution in [2.45, 2.75) is 84.1 Å². The zero-order chi connectivity index (χ0) is 19.7. The molecule has 0 unspecified atom stereocenters. The summed E-state index contributed by atoms with van der Waals surface area (Å²) in [5.41, 5.74) is 3.97. The maximum absolute atomic E-state index is 13.4. The Balaban J connectivity index is 1.85. The summed E-state index contributed by atoms with van der Waals surface area (Å²) in [6, 6.07) is 8.71. The van der Waals surface area contributed by atoms with Gasteiger partial charge in [-0.15, -0.1) is 0 Å². The minimum Gasteiger partial charge on any atom is -0.361 e. The third-order valence-electron chi connectivity index (χ3n) is 6.05. The molecule has 4 heteroatoms. The second kappa shape index (κ2) is 7.49. The van der Waals surface area contributed by atoms with Crippen LogP contribution in [0, 0.1) is 13.8 Å². The van der Waals surface area contributed by atoms with E-state index in [-0.39, 0.29) is 11.3 Å². The van der Waals surface area contributed by atoms with E-state index in [9.17, 15) is 4.79 Å². The predicted octanol–water partition coefficient (Wildman–Crippen LogP) is 5.11. The van der Waals surface area contributed by atoms with Crippen molar-refractivity contribution in [2.75, 3.05) is 0 Å². The average Bonchev–Trinajstić information content (AvgIpc) is 2.97. The summed E-state index contributed by atoms with van der Waals surface area (Å²) in [7, 11) is 0. The molecule has 0 radical (unpaired) electrons. The molecule has 0 bridgehead atoms. The predicted molar refractivity (Wildman–Crippen MR) is 108 cm³/mol. The van der Waals surface area contributed by atoms with Gasteiger partial charge in [0.15, 0.2) is 0 Å². The fourth-order valence-electron chi connectivity index (χ4n) is 4.18. The van der Waals surface area contributed by atoms with Crippen LogP contribution in [-0.2, 0) is 22.2 Å². The molecule has 2 aromatic rings. The van der Waals surface area contributed by atoms with Crippen molar-refractivity contribution >= 4 is 5.91 Å². The quantitative estimate of drug-likeness (QED) is 0.816. The first-order chi connectivity index (χ1) is 12.7. The van der Waals surface area contributed by atoms with Crippen LogP contribution in [0.3, 0.4) is 0 Å². The molecule has 1 fully saturated rings. The molecule has 1 aromatic heterocycles. The molecular weight excluding hydrogens is 336 g/mol. The number of aryl methyl sites for hydroxylation is 2. The van der Waals surface area contributed by atoms with E-state index in [1.54, 1.807) is 0 Å². The van der Waals surface area contributed by atoms with Crippen LogP contribution in [0.25, 0.3) is 0 Å². The van der Waals surface area contributed by atoms with Gasteiger partial charge < -0.3 is 9.84 Å². The smallest absolute Gasteiger partial charge is 0.230 e. The molecule has 1 saturated carbocycles. The molecule has 146 valence electrons. The lowest BCUT2D eigenvalue weighted by molar-refractivity contribution is -0.128. The molecule has 4 nitrogen and oxygen atoms in total. The lowest BCUT2D eigenvalue weighted by Crippen LogP contribution is -2.45. The van der Waals surface area contributed by atoms with Crippen molar-refractivity contribution in [1.82, 2.24) is 10.5 Å². The number of rotatable bonds is 4. The number of amides is 1. The van der Waals surface area contributed by atoms with Crippen molar-refractivity contribution in [1.29, 1.82) is 0 Å². The number of hydrogen-bond acceptors (Lipinski definition) is 3. The molecule has 1 aliphatic rings. The highest BCUT2D eigenvalue weighted by Gasteiger charge is 2.41. The van der Waals surface area contributed by atoms with E-state index in [2.05, 4.69) is 55.5 Å². The number of hydrogen-bond donors (Lipinski definition) is 1. The number of aromatic nitrogens is 1. The molecule has 0 spiro atoms. The Bertz CT molecular complexity index is 771. The number of carbonyl (C=O) groups excluding carboxylic acids is 1. The van der Waals surface area contributed by atoms with E-state index >= 15 is 0 Å². The van der Waals surface area contributed by atoms with E-state index in [1.807, 2.05) is 13.8 Å². The van der Waals surface area contributed by atoms with Crippen LogP contribution >= 0.6 is 0 Å². The molecular formula is C23H32N2O2. The number of benzene rings is 1. The molecule has 1 heterocycles. The van der Waals surface area contributed by atoms with E-state index in [0.717, 1.165) is 48.3 Å². The zero-order valence-corrected chi connectivity index (χ0v) is 17.3. The van der Waals surface area contributed by atoms with E-state index < -0.39 is 5.41 Å². The van der Waals surface area contributed by atoms with Crippen LogP contribution in [0.2, 0.25) is 0 Å². The number of nitrogens with one attached hydrogen (secondary N) is 1. The first kappa shape index (κ1) is 19.7. The van der Waals surface area contributed by atoms with Crippen LogP contribution in [0.5, 0.6) is 0 Å². The Kier molecular flexibility index (Phi) is 5.45. The maximum Gasteiger partial charge on any atom is 0.230 e. The van der Waals surface area contributed by atoms with Crippen molar-refractivity contribution < 1.29 is 9.32 Å². The maximum atomic E-state index is 13.4. The first-order valence-electron chi connectivity index (χ1n) is 10.1. The highest BCUT2D eigenvalue weighted by atomic mass is 16.5. The molecule has 1 amide bonds. The molecule has 1 aromatic carbocycles. The number of carbonyl (C=O) groups is 1. The van der Waals surface area contributed by atoms with Gasteiger partial charge in [0.1, 0.15) is 5.76 Å². The summed E-state index contributed by atoms with van der Waals surface area (Å²) in [5, 5.41) is 7.17. The average molecular weight is 369 g/mol. The minimum absolute atomic E-state index is 0.115. The van der Waals surface area contributed by atoms with Gasteiger partial charge in [0.05, 0.1) is 11.1 Å². The van der Waals surface area contributed by atoms with Crippen LogP contribution in [0.4, 0.5) is 0 Å². The lowest BCUT2D eigenvalue weighted by atomic mass is 9.68. The number of nitrogens with zero attached hydrogens (tertiary/aromatic N) is 1. The topological polar surface area (TPSA) is 55.1 Å². The Morgan fingerprint density at radius 2 is 1.74 bits per heavy atom. The lowest BCUT2D eigenvalue weighted by Gasteiger charge is -2.37. The van der Waals surface area contributed by atoms with Gasteiger partial charge in [-0.25, -0.2) is 0 Å². The second-order valence-electron chi connectivity index (χ2n) is 8.96. The normalized spacial score (nSPS) is 16.9. The standard InChI is InChI=1S/C23H32N2O2/c1-16-20(17(2)27-25-16)15-24-21(26)23(13-7-6-8-14-23)19-11-9-18(10-12-19)22(3,4)5/h9-12H,6-8,13-15H2,1-5H3,(H,24,26). The van der Waals surface area contributed by atoms with Crippen molar-refractivity contribution in [3.05, 3.63) is 52.4 Å². The Labute approximate surface area is 162 Å². The highest BCUT2D eigenvalue weighted by Crippen LogP contribution is 2.40. The van der Waals surface area contributed by atoms with Gasteiger partial charge in [0.25, 0.3) is 0 Å². The van der Waals surface area contributed by atoms with Gasteiger partial charge in [0.2, 0.25) is 5.91 Å². The summed E-state index contributed by atoms with van der Waals surface area (Å²) in [5.74, 6) is 0.908. The van der Waals surface area contributed by atoms with Gasteiger partial charge in [-0.2, -0.15) is 0 Å². The van der Waals surface area contributed by atoms with Crippen LogP contribution in [-0.4, -0.2) is 11.1 Å². The zero-order valence-electron chi connectivity index (χ0n) is 17.3. The van der Waals surface area contributed by atoms with E-state index in [4.69, 9.17) is 4.52 Å². The van der Waals surface area contributed by atoms with E-state index in [1.165, 1.54) is 12.0 Å². The van der Waals surface area contributed by atoms with Crippen molar-refractivity contribution in [3.63, 3.8) is 0 Å². The van der Waals surface area contributed by atoms with E-state index in [0.29, 0.717) is 6.54 Å². The van der Waals surface area contributed by atoms with Gasteiger partial charge >= 0.3 is 0 Å². The largest absolute Gasteiger partial charge is 0.361 e. The SMILES string of the molecule is Cc1noc(C)c1CNC(=O)C1(c2ccc(C(C)(C)C)cc2)CCCCC1. The Morgan fingerprint density at radius 3 is 2.26 bits per heavy atom. The molecule has 0 saturated heterocycles. The Morgan fingerprint density at radius 1 is 1.11 bits per heavy atom. The van der Waals surface area contributed by atoms with Crippen molar-refractivity contribution in [3.8, 4) is 0 Å². The van der Waals surface area contributed by atoms with Gasteiger partial charge in [-0.1, -0.05) is 69.5 Å². The third-order valence-corrected chi connectivity index (χ3v) is 6.05. The van der Waals surface area contributed by atoms with Gasteiger partial charge in [-0.05, 0) is 43.2 Å². The minimum atomic E-state index is -0.423. The summed E-state index contributed by atoms with van der Waals surface area (Å²) >= 11 is 0. The summed E-state index contributed by atoms with van der Waals surface area (Å²) in [4.78, 5) is 13.4. The third kappa shape index (κ3) is 3.95. The van der Waals surface area contributed by atoms with Crippen LogP contribution in [0.15, 0.2) is 28.8 Å². The molecule has 1 N–H and O–H groups in total. The van der Waals surface area contributed by atoms with Crippen molar-refractivity contribution in [2.24, 2.45) is 0 Å². The van der Waals surface area contributed by atoms with Crippen LogP contribution < -0.4 is 5.32 Å². The van der Waals surface area contributed by atoms with Gasteiger partial charge in [0, 0.05) is 12.1 Å².